The Morgan fingerprint density at radius 3 is 0.333 bits per heavy atom. The van der Waals surface area contributed by atoms with Gasteiger partial charge in [-0.05, 0) is 0 Å². The van der Waals surface area contributed by atoms with Gasteiger partial charge in [-0.25, -0.2) is 0 Å². The van der Waals surface area contributed by atoms with Crippen molar-refractivity contribution >= 4 is 51.4 Å². The van der Waals surface area contributed by atoms with Crippen molar-refractivity contribution in [2.45, 2.75) is 0 Å². The van der Waals surface area contributed by atoms with Crippen LogP contribution in [0.4, 0.5) is 41.6 Å². The minimum atomic E-state index is -11.1. The minimum Gasteiger partial charge on any atom is 2.00 e. The monoisotopic (exact) mass is 402 g/mol. The molecule has 15 heteroatoms. The molecule has 0 aromatic heterocycles. The first-order valence-corrected chi connectivity index (χ1v) is 10.5. The fraction of sp³-hybridized carbons (Fsp3) is 0. The first-order chi connectivity index (χ1) is 4.90. The summed E-state index contributed by atoms with van der Waals surface area (Å²) in [4.78, 5) is 0. The van der Waals surface area contributed by atoms with Crippen LogP contribution < -0.4 is 0 Å². The molecular weight excluding hydrogens is 402 g/mol. The molecule has 0 heterocycles. The van der Waals surface area contributed by atoms with Gasteiger partial charge in [0, 0.05) is 0 Å². The van der Waals surface area contributed by atoms with Gasteiger partial charge in [-0.1, -0.05) is 0 Å². The van der Waals surface area contributed by atoms with Gasteiger partial charge < -0.3 is 0 Å². The topological polar surface area (TPSA) is 0 Å². The number of halogens is 12. The number of hydrogen-bond donors (Lipinski definition) is 0. The zero-order valence-corrected chi connectivity index (χ0v) is 11.3. The third-order valence-corrected chi connectivity index (χ3v) is 0. The van der Waals surface area contributed by atoms with Crippen LogP contribution in [0.15, 0.2) is 0 Å². The molecule has 0 atom stereocenters. The molecule has 0 aromatic rings. The molecule has 0 unspecified atom stereocenters. The Bertz CT molecular complexity index is 161. The van der Waals surface area contributed by atoms with Crippen molar-refractivity contribution < 1.29 is 41.6 Å². The van der Waals surface area contributed by atoms with Gasteiger partial charge in [0.05, 0.1) is 0 Å². The van der Waals surface area contributed by atoms with Gasteiger partial charge in [0.1, 0.15) is 0 Å². The summed E-state index contributed by atoms with van der Waals surface area (Å²) in [7, 11) is 0. The fourth-order valence-electron chi connectivity index (χ4n) is 0. The predicted molar refractivity (Wildman–Crippen MR) is 30.6 cm³/mol. The van der Waals surface area contributed by atoms with E-state index in [4.69, 9.17) is 0 Å². The van der Waals surface area contributed by atoms with E-state index in [1.165, 1.54) is 0 Å². The molecule has 0 aliphatic rings. The maximum atomic E-state index is 9.91. The summed E-state index contributed by atoms with van der Waals surface area (Å²) in [6.45, 7) is 0. The Labute approximate surface area is 92.8 Å². The van der Waals surface area contributed by atoms with Crippen LogP contribution in [0.1, 0.15) is 0 Å². The van der Waals surface area contributed by atoms with Crippen molar-refractivity contribution in [1.29, 1.82) is 0 Å². The Hall–Kier alpha value is 1.04. The maximum Gasteiger partial charge on any atom is 2.00 e. The van der Waals surface area contributed by atoms with Crippen molar-refractivity contribution in [2.24, 2.45) is 0 Å². The summed E-state index contributed by atoms with van der Waals surface area (Å²) in [6.07, 6.45) is 0. The average Bonchev–Trinajstić information content (AvgIpc) is 0.938. The van der Waals surface area contributed by atoms with Gasteiger partial charge in [0.2, 0.25) is 0 Å². The largest absolute Gasteiger partial charge is 2.00 e. The molecule has 0 amide bonds. The van der Waals surface area contributed by atoms with Crippen LogP contribution in [0, 0.1) is 0 Å². The van der Waals surface area contributed by atoms with Crippen molar-refractivity contribution in [3.63, 3.8) is 0 Å². The molecule has 0 aromatic carbocycles. The second-order valence-corrected chi connectivity index (χ2v) is 9.96. The van der Waals surface area contributed by atoms with E-state index in [9.17, 15) is 41.6 Å². The van der Waals surface area contributed by atoms with E-state index in [2.05, 4.69) is 0 Å². The Morgan fingerprint density at radius 2 is 0.333 bits per heavy atom. The summed E-state index contributed by atoms with van der Waals surface area (Å²) in [5.74, 6) is 0. The van der Waals surface area contributed by atoms with Crippen LogP contribution in [0.5, 0.6) is 0 Å². The van der Waals surface area contributed by atoms with Gasteiger partial charge in [-0.3, -0.25) is 0 Å². The third kappa shape index (κ3) is 2350. The Morgan fingerprint density at radius 1 is 0.333 bits per heavy atom. The molecular formula is As2F12Mg. The first-order valence-electron chi connectivity index (χ1n) is 2.03. The fourth-order valence-corrected chi connectivity index (χ4v) is 0. The zero-order valence-electron chi connectivity index (χ0n) is 6.14. The van der Waals surface area contributed by atoms with Crippen LogP contribution in [-0.2, 0) is 0 Å². The molecule has 0 rings (SSSR count). The molecule has 0 N–H and O–H groups in total. The summed E-state index contributed by atoms with van der Waals surface area (Å²) >= 11 is -22.1. The van der Waals surface area contributed by atoms with Gasteiger partial charge in [-0.2, -0.15) is 0 Å². The standard InChI is InChI=1S/2AsF6.Mg/c2*2-1(3,4,5,6)7;/q2*-1;+2. The van der Waals surface area contributed by atoms with Crippen LogP contribution in [0.2, 0.25) is 0 Å². The van der Waals surface area contributed by atoms with E-state index in [0.29, 0.717) is 0 Å². The minimum absolute atomic E-state index is 0. The molecule has 0 spiro atoms. The summed E-state index contributed by atoms with van der Waals surface area (Å²) in [6, 6.07) is 0. The van der Waals surface area contributed by atoms with Gasteiger partial charge in [-0.15, -0.1) is 0 Å². The first kappa shape index (κ1) is 21.3. The molecule has 0 saturated heterocycles. The molecule has 0 fully saturated rings. The molecule has 0 bridgehead atoms. The van der Waals surface area contributed by atoms with E-state index in [0.717, 1.165) is 0 Å². The molecule has 0 nitrogen and oxygen atoms in total. The molecule has 0 radical (unpaired) electrons. The van der Waals surface area contributed by atoms with Crippen LogP contribution in [-0.4, -0.2) is 51.4 Å². The summed E-state index contributed by atoms with van der Waals surface area (Å²) < 4.78 is 119. The van der Waals surface area contributed by atoms with E-state index in [1.54, 1.807) is 0 Å². The third-order valence-electron chi connectivity index (χ3n) is 0. The van der Waals surface area contributed by atoms with E-state index >= 15 is 0 Å². The second kappa shape index (κ2) is 3.08. The van der Waals surface area contributed by atoms with Crippen LogP contribution in [0.25, 0.3) is 0 Å². The normalized spacial score (nSPS) is 21.6. The van der Waals surface area contributed by atoms with Crippen LogP contribution in [0.3, 0.4) is 0 Å². The molecule has 96 valence electrons. The number of hydrogen-bond acceptors (Lipinski definition) is 0. The van der Waals surface area contributed by atoms with E-state index < -0.39 is 28.3 Å². The van der Waals surface area contributed by atoms with Crippen molar-refractivity contribution in [1.82, 2.24) is 0 Å². The van der Waals surface area contributed by atoms with Gasteiger partial charge in [0.25, 0.3) is 0 Å². The van der Waals surface area contributed by atoms with Gasteiger partial charge >= 0.3 is 93.0 Å². The molecule has 15 heavy (non-hydrogen) atoms. The Balaban J connectivity index is -0.000000180. The van der Waals surface area contributed by atoms with Crippen molar-refractivity contribution in [3.8, 4) is 0 Å². The predicted octanol–water partition coefficient (Wildman–Crippen LogP) is 3.90. The van der Waals surface area contributed by atoms with E-state index in [-0.39, 0.29) is 23.1 Å². The summed E-state index contributed by atoms with van der Waals surface area (Å²) in [5.41, 5.74) is 0. The van der Waals surface area contributed by atoms with Crippen molar-refractivity contribution in [3.05, 3.63) is 0 Å². The Kier molecular flexibility index (Phi) is 4.38. The average molecular weight is 402 g/mol. The van der Waals surface area contributed by atoms with Crippen molar-refractivity contribution in [2.75, 3.05) is 0 Å². The molecule has 0 saturated carbocycles. The smallest absolute Gasteiger partial charge is 2.00 e. The van der Waals surface area contributed by atoms with E-state index in [1.807, 2.05) is 0 Å². The molecule has 0 aliphatic heterocycles. The van der Waals surface area contributed by atoms with Crippen LogP contribution >= 0.6 is 0 Å². The second-order valence-electron chi connectivity index (χ2n) is 1.92. The number of rotatable bonds is 0. The molecule has 0 aliphatic carbocycles. The SMILES string of the molecule is F[As-](F)(F)(F)(F)F.F[As-](F)(F)(F)(F)F.[Mg+2]. The zero-order chi connectivity index (χ0) is 12.8. The maximum absolute atomic E-state index is 11.1. The quantitative estimate of drug-likeness (QED) is 0.426. The summed E-state index contributed by atoms with van der Waals surface area (Å²) in [5, 5.41) is 0. The van der Waals surface area contributed by atoms with Gasteiger partial charge in [0.15, 0.2) is 0 Å².